The van der Waals surface area contributed by atoms with Crippen LogP contribution in [0.25, 0.3) is 16.8 Å². The first-order valence-electron chi connectivity index (χ1n) is 10.5. The maximum absolute atomic E-state index is 13.1. The third-order valence-corrected chi connectivity index (χ3v) is 6.52. The van der Waals surface area contributed by atoms with Crippen LogP contribution in [0.1, 0.15) is 22.8 Å². The molecule has 3 aromatic carbocycles. The molecule has 0 aromatic heterocycles. The van der Waals surface area contributed by atoms with Crippen LogP contribution in [0.4, 0.5) is 4.79 Å². The Balaban J connectivity index is 1.66. The van der Waals surface area contributed by atoms with E-state index in [2.05, 4.69) is 15.9 Å². The number of nitrogens with two attached hydrogens (primary N) is 1. The molecule has 35 heavy (non-hydrogen) atoms. The van der Waals surface area contributed by atoms with Crippen LogP contribution in [-0.2, 0) is 9.59 Å². The van der Waals surface area contributed by atoms with Gasteiger partial charge in [0.05, 0.1) is 21.5 Å². The molecule has 178 valence electrons. The lowest BCUT2D eigenvalue weighted by Crippen LogP contribution is -2.36. The summed E-state index contributed by atoms with van der Waals surface area (Å²) in [6, 6.07) is 16.1. The first kappa shape index (κ1) is 24.5. The Kier molecular flexibility index (Phi) is 7.23. The van der Waals surface area contributed by atoms with Crippen LogP contribution in [0, 0.1) is 0 Å². The zero-order valence-corrected chi connectivity index (χ0v) is 20.9. The SMILES string of the molecule is CCOc1cc(/C=C2\SC(=O)N(CC(N)=O)C2=O)cc(Br)c1OC(=O)c1cccc2ccccc12. The van der Waals surface area contributed by atoms with E-state index in [1.807, 2.05) is 30.3 Å². The molecule has 1 aliphatic heterocycles. The number of carbonyl (C=O) groups is 4. The Morgan fingerprint density at radius 2 is 1.86 bits per heavy atom. The molecule has 0 atom stereocenters. The standard InChI is InChI=1S/C25H19BrN2O6S/c1-2-33-19-11-14(12-20-23(30)28(13-21(27)29)25(32)35-20)10-18(26)22(19)34-24(31)17-9-5-7-15-6-3-4-8-16(15)17/h3-12H,2,13H2,1H3,(H2,27,29)/b20-12-. The molecule has 3 amide bonds. The summed E-state index contributed by atoms with van der Waals surface area (Å²) in [5, 5.41) is 1.09. The smallest absolute Gasteiger partial charge is 0.344 e. The van der Waals surface area contributed by atoms with E-state index in [0.717, 1.165) is 15.7 Å². The highest BCUT2D eigenvalue weighted by molar-refractivity contribution is 9.10. The minimum atomic E-state index is -0.785. The fourth-order valence-corrected chi connectivity index (χ4v) is 4.91. The highest BCUT2D eigenvalue weighted by Crippen LogP contribution is 2.40. The summed E-state index contributed by atoms with van der Waals surface area (Å²) in [6.45, 7) is 1.59. The van der Waals surface area contributed by atoms with E-state index >= 15 is 0 Å². The predicted octanol–water partition coefficient (Wildman–Crippen LogP) is 4.74. The molecular weight excluding hydrogens is 536 g/mol. The van der Waals surface area contributed by atoms with Gasteiger partial charge in [-0.25, -0.2) is 4.79 Å². The zero-order valence-electron chi connectivity index (χ0n) is 18.4. The van der Waals surface area contributed by atoms with Crippen molar-refractivity contribution in [1.29, 1.82) is 0 Å². The van der Waals surface area contributed by atoms with Crippen molar-refractivity contribution in [1.82, 2.24) is 4.90 Å². The number of hydrogen-bond acceptors (Lipinski definition) is 7. The fraction of sp³-hybridized carbons (Fsp3) is 0.120. The number of fused-ring (bicyclic) bond motifs is 1. The van der Waals surface area contributed by atoms with Crippen molar-refractivity contribution < 1.29 is 28.7 Å². The maximum Gasteiger partial charge on any atom is 0.344 e. The number of thioether (sulfide) groups is 1. The number of ether oxygens (including phenoxy) is 2. The molecule has 0 bridgehead atoms. The number of esters is 1. The largest absolute Gasteiger partial charge is 0.490 e. The number of benzene rings is 3. The van der Waals surface area contributed by atoms with Crippen molar-refractivity contribution in [2.24, 2.45) is 5.73 Å². The van der Waals surface area contributed by atoms with E-state index in [4.69, 9.17) is 15.2 Å². The third-order valence-electron chi connectivity index (χ3n) is 5.02. The number of amides is 3. The van der Waals surface area contributed by atoms with Gasteiger partial charge in [0.2, 0.25) is 5.91 Å². The average Bonchev–Trinajstić information content (AvgIpc) is 3.08. The van der Waals surface area contributed by atoms with Crippen LogP contribution in [0.5, 0.6) is 11.5 Å². The minimum absolute atomic E-state index is 0.131. The number of halogens is 1. The molecule has 8 nitrogen and oxygen atoms in total. The molecule has 3 aromatic rings. The molecule has 2 N–H and O–H groups in total. The van der Waals surface area contributed by atoms with E-state index in [1.165, 1.54) is 6.08 Å². The van der Waals surface area contributed by atoms with Gasteiger partial charge in [-0.05, 0) is 75.2 Å². The van der Waals surface area contributed by atoms with Gasteiger partial charge < -0.3 is 15.2 Å². The molecule has 1 heterocycles. The molecule has 0 unspecified atom stereocenters. The summed E-state index contributed by atoms with van der Waals surface area (Å²) in [6.07, 6.45) is 1.50. The van der Waals surface area contributed by atoms with Crippen LogP contribution < -0.4 is 15.2 Å². The van der Waals surface area contributed by atoms with Gasteiger partial charge in [0.25, 0.3) is 11.1 Å². The van der Waals surface area contributed by atoms with E-state index in [9.17, 15) is 19.2 Å². The van der Waals surface area contributed by atoms with Crippen molar-refractivity contribution in [3.8, 4) is 11.5 Å². The lowest BCUT2D eigenvalue weighted by atomic mass is 10.0. The molecule has 1 aliphatic rings. The van der Waals surface area contributed by atoms with Gasteiger partial charge >= 0.3 is 5.97 Å². The molecule has 0 radical (unpaired) electrons. The van der Waals surface area contributed by atoms with Crippen molar-refractivity contribution >= 4 is 67.6 Å². The number of hydrogen-bond donors (Lipinski definition) is 1. The molecular formula is C25H19BrN2O6S. The average molecular weight is 555 g/mol. The molecule has 10 heteroatoms. The molecule has 4 rings (SSSR count). The summed E-state index contributed by atoms with van der Waals surface area (Å²) >= 11 is 4.13. The lowest BCUT2D eigenvalue weighted by molar-refractivity contribution is -0.127. The summed E-state index contributed by atoms with van der Waals surface area (Å²) in [5.74, 6) is -1.49. The topological polar surface area (TPSA) is 116 Å². The molecule has 0 spiro atoms. The fourth-order valence-electron chi connectivity index (χ4n) is 3.53. The quantitative estimate of drug-likeness (QED) is 0.254. The van der Waals surface area contributed by atoms with Gasteiger partial charge in [0.15, 0.2) is 11.5 Å². The molecule has 1 fully saturated rings. The van der Waals surface area contributed by atoms with Crippen molar-refractivity contribution in [3.05, 3.63) is 75.1 Å². The van der Waals surface area contributed by atoms with Gasteiger partial charge in [-0.2, -0.15) is 0 Å². The minimum Gasteiger partial charge on any atom is -0.490 e. The summed E-state index contributed by atoms with van der Waals surface area (Å²) < 4.78 is 11.8. The van der Waals surface area contributed by atoms with Crippen LogP contribution in [0.3, 0.4) is 0 Å². The maximum atomic E-state index is 13.1. The summed E-state index contributed by atoms with van der Waals surface area (Å²) in [4.78, 5) is 49.8. The monoisotopic (exact) mass is 554 g/mol. The van der Waals surface area contributed by atoms with E-state index in [0.29, 0.717) is 34.0 Å². The summed E-state index contributed by atoms with van der Waals surface area (Å²) in [7, 11) is 0. The van der Waals surface area contributed by atoms with E-state index in [1.54, 1.807) is 31.2 Å². The number of rotatable bonds is 7. The molecule has 1 saturated heterocycles. The van der Waals surface area contributed by atoms with Crippen LogP contribution in [0.15, 0.2) is 64.0 Å². The first-order valence-corrected chi connectivity index (χ1v) is 12.1. The second-order valence-corrected chi connectivity index (χ2v) is 9.26. The summed E-state index contributed by atoms with van der Waals surface area (Å²) in [5.41, 5.74) is 6.05. The second-order valence-electron chi connectivity index (χ2n) is 7.41. The predicted molar refractivity (Wildman–Crippen MR) is 136 cm³/mol. The van der Waals surface area contributed by atoms with Crippen molar-refractivity contribution in [3.63, 3.8) is 0 Å². The number of primary amides is 1. The number of carbonyl (C=O) groups excluding carboxylic acids is 4. The van der Waals surface area contributed by atoms with Gasteiger partial charge in [-0.3, -0.25) is 19.3 Å². The van der Waals surface area contributed by atoms with Gasteiger partial charge in [0, 0.05) is 0 Å². The Morgan fingerprint density at radius 1 is 1.11 bits per heavy atom. The Bertz CT molecular complexity index is 1400. The van der Waals surface area contributed by atoms with Crippen LogP contribution in [0.2, 0.25) is 0 Å². The molecule has 0 saturated carbocycles. The van der Waals surface area contributed by atoms with Gasteiger partial charge in [-0.15, -0.1) is 0 Å². The van der Waals surface area contributed by atoms with Crippen LogP contribution in [-0.4, -0.2) is 41.1 Å². The highest BCUT2D eigenvalue weighted by atomic mass is 79.9. The van der Waals surface area contributed by atoms with E-state index < -0.39 is 29.6 Å². The lowest BCUT2D eigenvalue weighted by Gasteiger charge is -2.14. The van der Waals surface area contributed by atoms with Gasteiger partial charge in [-0.1, -0.05) is 36.4 Å². The van der Waals surface area contributed by atoms with Gasteiger partial charge in [0.1, 0.15) is 6.54 Å². The first-order chi connectivity index (χ1) is 16.8. The molecule has 0 aliphatic carbocycles. The number of imide groups is 1. The number of nitrogens with zero attached hydrogens (tertiary/aromatic N) is 1. The second kappa shape index (κ2) is 10.3. The third kappa shape index (κ3) is 5.23. The van der Waals surface area contributed by atoms with Crippen molar-refractivity contribution in [2.75, 3.05) is 13.2 Å². The normalized spacial score (nSPS) is 14.6. The van der Waals surface area contributed by atoms with Crippen molar-refractivity contribution in [2.45, 2.75) is 6.92 Å². The van der Waals surface area contributed by atoms with E-state index in [-0.39, 0.29) is 16.4 Å². The highest BCUT2D eigenvalue weighted by Gasteiger charge is 2.36. The Morgan fingerprint density at radius 3 is 2.60 bits per heavy atom. The Labute approximate surface area is 213 Å². The van der Waals surface area contributed by atoms with Crippen LogP contribution >= 0.6 is 27.7 Å². The zero-order chi connectivity index (χ0) is 25.1. The Hall–Kier alpha value is -3.63.